The van der Waals surface area contributed by atoms with Crippen LogP contribution in [0.1, 0.15) is 25.1 Å². The SMILES string of the molecule is CCCNc1cc(N(CC)Cc2cccs2)nc(N)n1. The maximum Gasteiger partial charge on any atom is 0.223 e. The first kappa shape index (κ1) is 14.6. The summed E-state index contributed by atoms with van der Waals surface area (Å²) in [6, 6.07) is 6.16. The van der Waals surface area contributed by atoms with Gasteiger partial charge in [0.05, 0.1) is 6.54 Å². The fraction of sp³-hybridized carbons (Fsp3) is 0.429. The van der Waals surface area contributed by atoms with E-state index in [9.17, 15) is 0 Å². The minimum atomic E-state index is 0.311. The van der Waals surface area contributed by atoms with Crippen molar-refractivity contribution < 1.29 is 0 Å². The molecule has 0 aromatic carbocycles. The quantitative estimate of drug-likeness (QED) is 0.821. The molecule has 0 fully saturated rings. The van der Waals surface area contributed by atoms with Crippen LogP contribution in [0.4, 0.5) is 17.6 Å². The summed E-state index contributed by atoms with van der Waals surface area (Å²) in [5.41, 5.74) is 5.81. The lowest BCUT2D eigenvalue weighted by Gasteiger charge is -2.22. The lowest BCUT2D eigenvalue weighted by Crippen LogP contribution is -2.23. The number of nitrogens with one attached hydrogen (secondary N) is 1. The van der Waals surface area contributed by atoms with Crippen LogP contribution in [0.2, 0.25) is 0 Å². The summed E-state index contributed by atoms with van der Waals surface area (Å²) in [7, 11) is 0. The maximum absolute atomic E-state index is 5.81. The second-order valence-electron chi connectivity index (χ2n) is 4.49. The van der Waals surface area contributed by atoms with Gasteiger partial charge in [-0.2, -0.15) is 9.97 Å². The monoisotopic (exact) mass is 291 g/mol. The molecule has 2 aromatic heterocycles. The highest BCUT2D eigenvalue weighted by atomic mass is 32.1. The molecule has 5 nitrogen and oxygen atoms in total. The number of hydrogen-bond acceptors (Lipinski definition) is 6. The Labute approximate surface area is 123 Å². The normalized spacial score (nSPS) is 10.5. The van der Waals surface area contributed by atoms with Crippen molar-refractivity contribution in [3.8, 4) is 0 Å². The molecule has 0 saturated heterocycles. The smallest absolute Gasteiger partial charge is 0.223 e. The zero-order chi connectivity index (χ0) is 14.4. The summed E-state index contributed by atoms with van der Waals surface area (Å²) in [6.07, 6.45) is 1.05. The zero-order valence-corrected chi connectivity index (χ0v) is 12.8. The van der Waals surface area contributed by atoms with Crippen molar-refractivity contribution >= 4 is 28.9 Å². The summed E-state index contributed by atoms with van der Waals surface area (Å²) in [5, 5.41) is 5.35. The third kappa shape index (κ3) is 3.84. The van der Waals surface area contributed by atoms with Crippen LogP contribution in [0.15, 0.2) is 23.6 Å². The fourth-order valence-electron chi connectivity index (χ4n) is 1.90. The Morgan fingerprint density at radius 3 is 2.85 bits per heavy atom. The van der Waals surface area contributed by atoms with E-state index in [1.807, 2.05) is 6.07 Å². The number of rotatable bonds is 7. The van der Waals surface area contributed by atoms with Gasteiger partial charge in [-0.25, -0.2) is 0 Å². The van der Waals surface area contributed by atoms with Crippen LogP contribution in [0, 0.1) is 0 Å². The van der Waals surface area contributed by atoms with E-state index in [4.69, 9.17) is 5.73 Å². The first-order valence-electron chi connectivity index (χ1n) is 6.88. The molecule has 0 saturated carbocycles. The highest BCUT2D eigenvalue weighted by molar-refractivity contribution is 7.09. The van der Waals surface area contributed by atoms with Crippen molar-refractivity contribution in [2.45, 2.75) is 26.8 Å². The lowest BCUT2D eigenvalue weighted by atomic mass is 10.3. The summed E-state index contributed by atoms with van der Waals surface area (Å²) >= 11 is 1.75. The average molecular weight is 291 g/mol. The average Bonchev–Trinajstić information content (AvgIpc) is 2.95. The van der Waals surface area contributed by atoms with Gasteiger partial charge in [0.25, 0.3) is 0 Å². The maximum atomic E-state index is 5.81. The number of nitrogens with zero attached hydrogens (tertiary/aromatic N) is 3. The van der Waals surface area contributed by atoms with Crippen LogP contribution in [0.25, 0.3) is 0 Å². The van der Waals surface area contributed by atoms with Crippen LogP contribution in [0.5, 0.6) is 0 Å². The van der Waals surface area contributed by atoms with Gasteiger partial charge in [-0.15, -0.1) is 11.3 Å². The predicted octanol–water partition coefficient (Wildman–Crippen LogP) is 2.97. The summed E-state index contributed by atoms with van der Waals surface area (Å²) in [4.78, 5) is 12.1. The van der Waals surface area contributed by atoms with E-state index < -0.39 is 0 Å². The first-order valence-corrected chi connectivity index (χ1v) is 7.76. The van der Waals surface area contributed by atoms with Crippen molar-refractivity contribution in [1.29, 1.82) is 0 Å². The molecule has 0 aliphatic rings. The topological polar surface area (TPSA) is 67.1 Å². The van der Waals surface area contributed by atoms with Gasteiger partial charge >= 0.3 is 0 Å². The first-order chi connectivity index (χ1) is 9.72. The molecule has 0 unspecified atom stereocenters. The molecule has 0 spiro atoms. The molecule has 0 aliphatic carbocycles. The number of nitrogens with two attached hydrogens (primary N) is 1. The molecule has 6 heteroatoms. The van der Waals surface area contributed by atoms with Crippen LogP contribution in [0.3, 0.4) is 0 Å². The molecule has 2 aromatic rings. The van der Waals surface area contributed by atoms with E-state index in [1.165, 1.54) is 4.88 Å². The Bertz CT molecular complexity index is 526. The van der Waals surface area contributed by atoms with E-state index in [0.29, 0.717) is 5.95 Å². The second-order valence-corrected chi connectivity index (χ2v) is 5.52. The fourth-order valence-corrected chi connectivity index (χ4v) is 2.62. The Morgan fingerprint density at radius 2 is 2.20 bits per heavy atom. The minimum Gasteiger partial charge on any atom is -0.370 e. The molecule has 0 aliphatic heterocycles. The third-order valence-corrected chi connectivity index (χ3v) is 3.78. The van der Waals surface area contributed by atoms with Gasteiger partial charge in [0.15, 0.2) is 0 Å². The molecule has 0 bridgehead atoms. The van der Waals surface area contributed by atoms with Gasteiger partial charge in [0.2, 0.25) is 5.95 Å². The van der Waals surface area contributed by atoms with Gasteiger partial charge in [-0.1, -0.05) is 13.0 Å². The van der Waals surface area contributed by atoms with E-state index in [1.54, 1.807) is 11.3 Å². The number of thiophene rings is 1. The molecule has 3 N–H and O–H groups in total. The summed E-state index contributed by atoms with van der Waals surface area (Å²) in [5.74, 6) is 1.97. The Kier molecular flexibility index (Phi) is 5.17. The molecule has 108 valence electrons. The van der Waals surface area contributed by atoms with Crippen molar-refractivity contribution in [2.24, 2.45) is 0 Å². The van der Waals surface area contributed by atoms with Crippen molar-refractivity contribution in [2.75, 3.05) is 29.0 Å². The second kappa shape index (κ2) is 7.09. The van der Waals surface area contributed by atoms with Crippen molar-refractivity contribution in [3.63, 3.8) is 0 Å². The molecule has 2 rings (SSSR count). The molecule has 0 radical (unpaired) electrons. The summed E-state index contributed by atoms with van der Waals surface area (Å²) < 4.78 is 0. The van der Waals surface area contributed by atoms with Crippen LogP contribution in [-0.2, 0) is 6.54 Å². The Hall–Kier alpha value is -1.82. The van der Waals surface area contributed by atoms with Crippen molar-refractivity contribution in [3.05, 3.63) is 28.5 Å². The molecule has 0 atom stereocenters. The molecule has 2 heterocycles. The van der Waals surface area contributed by atoms with E-state index in [0.717, 1.165) is 37.7 Å². The largest absolute Gasteiger partial charge is 0.370 e. The number of anilines is 3. The van der Waals surface area contributed by atoms with Gasteiger partial charge in [0.1, 0.15) is 11.6 Å². The Morgan fingerprint density at radius 1 is 1.35 bits per heavy atom. The molecule has 20 heavy (non-hydrogen) atoms. The van der Waals surface area contributed by atoms with E-state index >= 15 is 0 Å². The lowest BCUT2D eigenvalue weighted by molar-refractivity contribution is 0.820. The predicted molar refractivity (Wildman–Crippen MR) is 86.3 cm³/mol. The summed E-state index contributed by atoms with van der Waals surface area (Å²) in [6.45, 7) is 6.84. The van der Waals surface area contributed by atoms with Crippen molar-refractivity contribution in [1.82, 2.24) is 9.97 Å². The highest BCUT2D eigenvalue weighted by Gasteiger charge is 2.10. The standard InChI is InChI=1S/C14H21N5S/c1-3-7-16-12-9-13(18-14(15)17-12)19(4-2)10-11-6-5-8-20-11/h5-6,8-9H,3-4,7,10H2,1-2H3,(H3,15,16,17,18). The van der Waals surface area contributed by atoms with E-state index in [2.05, 4.69) is 51.5 Å². The number of hydrogen-bond donors (Lipinski definition) is 2. The van der Waals surface area contributed by atoms with Gasteiger partial charge in [-0.05, 0) is 24.8 Å². The van der Waals surface area contributed by atoms with Gasteiger partial charge in [0, 0.05) is 24.0 Å². The number of aromatic nitrogens is 2. The van der Waals surface area contributed by atoms with Gasteiger partial charge in [-0.3, -0.25) is 0 Å². The van der Waals surface area contributed by atoms with Crippen LogP contribution >= 0.6 is 11.3 Å². The zero-order valence-electron chi connectivity index (χ0n) is 12.0. The van der Waals surface area contributed by atoms with Gasteiger partial charge < -0.3 is 16.0 Å². The minimum absolute atomic E-state index is 0.311. The van der Waals surface area contributed by atoms with Crippen LogP contribution < -0.4 is 16.0 Å². The molecular weight excluding hydrogens is 270 g/mol. The third-order valence-electron chi connectivity index (χ3n) is 2.92. The number of nitrogen functional groups attached to an aromatic ring is 1. The van der Waals surface area contributed by atoms with Crippen LogP contribution in [-0.4, -0.2) is 23.1 Å². The Balaban J connectivity index is 2.17. The van der Waals surface area contributed by atoms with E-state index in [-0.39, 0.29) is 0 Å². The molecular formula is C14H21N5S. The molecule has 0 amide bonds. The highest BCUT2D eigenvalue weighted by Crippen LogP contribution is 2.20.